The number of aromatic nitrogens is 1. The molecule has 0 bridgehead atoms. The monoisotopic (exact) mass is 536 g/mol. The number of hydrogen-bond acceptors (Lipinski definition) is 7. The van der Waals surface area contributed by atoms with E-state index >= 15 is 0 Å². The molecule has 3 aromatic rings. The number of amides is 2. The number of aliphatic hydroxyl groups is 1. The van der Waals surface area contributed by atoms with E-state index in [1.165, 1.54) is 18.2 Å². The molecule has 0 aliphatic rings. The summed E-state index contributed by atoms with van der Waals surface area (Å²) in [7, 11) is 0. The van der Waals surface area contributed by atoms with Crippen molar-refractivity contribution >= 4 is 29.4 Å². The second kappa shape index (κ2) is 14.3. The van der Waals surface area contributed by atoms with Gasteiger partial charge in [0.1, 0.15) is 6.61 Å². The Morgan fingerprint density at radius 3 is 2.73 bits per heavy atom. The van der Waals surface area contributed by atoms with Gasteiger partial charge in [-0.05, 0) is 37.5 Å². The van der Waals surface area contributed by atoms with Crippen molar-refractivity contribution in [3.05, 3.63) is 70.8 Å². The lowest BCUT2D eigenvalue weighted by Gasteiger charge is -2.19. The first kappa shape index (κ1) is 28.0. The summed E-state index contributed by atoms with van der Waals surface area (Å²) in [6.07, 6.45) is 0.745. The lowest BCUT2D eigenvalue weighted by molar-refractivity contribution is -0.121. The van der Waals surface area contributed by atoms with E-state index in [1.54, 1.807) is 24.3 Å². The zero-order chi connectivity index (χ0) is 26.6. The summed E-state index contributed by atoms with van der Waals surface area (Å²) in [5.41, 5.74) is 0.778. The minimum absolute atomic E-state index is 0.0100. The van der Waals surface area contributed by atoms with Gasteiger partial charge in [-0.2, -0.15) is 0 Å². The van der Waals surface area contributed by atoms with Crippen molar-refractivity contribution in [2.75, 3.05) is 25.1 Å². The average molecular weight is 537 g/mol. The Balaban J connectivity index is 1.47. The molecule has 0 radical (unpaired) electrons. The molecule has 2 amide bonds. The van der Waals surface area contributed by atoms with Crippen LogP contribution in [0.2, 0.25) is 5.02 Å². The van der Waals surface area contributed by atoms with Crippen LogP contribution in [0.15, 0.2) is 53.1 Å². The fourth-order valence-electron chi connectivity index (χ4n) is 3.40. The highest BCUT2D eigenvalue weighted by molar-refractivity contribution is 6.30. The summed E-state index contributed by atoms with van der Waals surface area (Å²) in [5.74, 6) is -1.82. The van der Waals surface area contributed by atoms with E-state index in [0.717, 1.165) is 6.07 Å². The molecule has 0 saturated carbocycles. The molecule has 0 aliphatic carbocycles. The molecule has 1 heterocycles. The number of carbonyl (C=O) groups is 2. The molecule has 0 fully saturated rings. The quantitative estimate of drug-likeness (QED) is 0.240. The van der Waals surface area contributed by atoms with Gasteiger partial charge in [-0.15, -0.1) is 0 Å². The Kier molecular flexibility index (Phi) is 10.8. The van der Waals surface area contributed by atoms with Crippen molar-refractivity contribution in [2.45, 2.75) is 31.8 Å². The molecular weight excluding hydrogens is 510 g/mol. The average Bonchev–Trinajstić information content (AvgIpc) is 3.33. The van der Waals surface area contributed by atoms with Gasteiger partial charge in [0, 0.05) is 35.4 Å². The zero-order valence-corrected chi connectivity index (χ0v) is 20.6. The van der Waals surface area contributed by atoms with E-state index in [4.69, 9.17) is 26.0 Å². The lowest BCUT2D eigenvalue weighted by atomic mass is 10.1. The van der Waals surface area contributed by atoms with Crippen LogP contribution < -0.4 is 16.0 Å². The van der Waals surface area contributed by atoms with Crippen LogP contribution in [0.5, 0.6) is 0 Å². The maximum Gasteiger partial charge on any atom is 0.412 e. The van der Waals surface area contributed by atoms with E-state index in [-0.39, 0.29) is 37.7 Å². The lowest BCUT2D eigenvalue weighted by Crippen LogP contribution is -2.43. The predicted molar refractivity (Wildman–Crippen MR) is 133 cm³/mol. The summed E-state index contributed by atoms with van der Waals surface area (Å²) in [4.78, 5) is 24.6. The topological polar surface area (TPSA) is 126 Å². The molecule has 1 atom stereocenters. The predicted octanol–water partition coefficient (Wildman–Crippen LogP) is 4.26. The van der Waals surface area contributed by atoms with Crippen molar-refractivity contribution < 1.29 is 32.7 Å². The minimum Gasteiger partial charge on any atom is -0.447 e. The van der Waals surface area contributed by atoms with Crippen LogP contribution in [0.3, 0.4) is 0 Å². The number of rotatable bonds is 13. The fourth-order valence-corrected chi connectivity index (χ4v) is 3.59. The molecule has 4 N–H and O–H groups in total. The Labute approximate surface area is 217 Å². The van der Waals surface area contributed by atoms with Gasteiger partial charge >= 0.3 is 6.09 Å². The largest absolute Gasteiger partial charge is 0.447 e. The van der Waals surface area contributed by atoms with Gasteiger partial charge in [-0.3, -0.25) is 10.1 Å². The van der Waals surface area contributed by atoms with Gasteiger partial charge in [-0.1, -0.05) is 41.0 Å². The SMILES string of the molecule is O=C(CNCc1cccc(F)c1F)N[C@@H](CCCCO)COC(=O)Nc1cc(-c2cccc(Cl)c2)on1. The highest BCUT2D eigenvalue weighted by Gasteiger charge is 2.17. The third kappa shape index (κ3) is 9.12. The number of benzene rings is 2. The second-order valence-corrected chi connectivity index (χ2v) is 8.55. The van der Waals surface area contributed by atoms with Crippen molar-refractivity contribution in [3.8, 4) is 11.3 Å². The number of nitrogens with zero attached hydrogens (tertiary/aromatic N) is 1. The van der Waals surface area contributed by atoms with Gasteiger partial charge in [0.05, 0.1) is 12.6 Å². The van der Waals surface area contributed by atoms with E-state index in [0.29, 0.717) is 35.6 Å². The number of anilines is 1. The van der Waals surface area contributed by atoms with Gasteiger partial charge < -0.3 is 25.0 Å². The Bertz CT molecular complexity index is 1190. The van der Waals surface area contributed by atoms with Crippen molar-refractivity contribution in [1.29, 1.82) is 0 Å². The first-order chi connectivity index (χ1) is 17.9. The van der Waals surface area contributed by atoms with Crippen LogP contribution in [-0.4, -0.2) is 48.1 Å². The van der Waals surface area contributed by atoms with Crippen molar-refractivity contribution in [2.24, 2.45) is 0 Å². The summed E-state index contributed by atoms with van der Waals surface area (Å²) in [6.45, 7) is -0.353. The van der Waals surface area contributed by atoms with Crippen LogP contribution in [0.25, 0.3) is 11.3 Å². The summed E-state index contributed by atoms with van der Waals surface area (Å²) < 4.78 is 37.5. The number of hydrogen-bond donors (Lipinski definition) is 4. The molecule has 0 spiro atoms. The maximum atomic E-state index is 13.7. The highest BCUT2D eigenvalue weighted by atomic mass is 35.5. The first-order valence-corrected chi connectivity index (χ1v) is 11.9. The molecular formula is C25H27ClF2N4O5. The Morgan fingerprint density at radius 2 is 1.95 bits per heavy atom. The second-order valence-electron chi connectivity index (χ2n) is 8.11. The van der Waals surface area contributed by atoms with E-state index in [1.807, 2.05) is 0 Å². The normalized spacial score (nSPS) is 11.7. The third-order valence-corrected chi connectivity index (χ3v) is 5.46. The number of nitrogens with one attached hydrogen (secondary N) is 3. The summed E-state index contributed by atoms with van der Waals surface area (Å²) in [6, 6.07) is 11.7. The zero-order valence-electron chi connectivity index (χ0n) is 19.8. The smallest absolute Gasteiger partial charge is 0.412 e. The van der Waals surface area contributed by atoms with Crippen molar-refractivity contribution in [1.82, 2.24) is 15.8 Å². The molecule has 198 valence electrons. The van der Waals surface area contributed by atoms with Crippen LogP contribution in [0, 0.1) is 11.6 Å². The van der Waals surface area contributed by atoms with Crippen LogP contribution in [0.1, 0.15) is 24.8 Å². The van der Waals surface area contributed by atoms with E-state index in [2.05, 4.69) is 21.1 Å². The van der Waals surface area contributed by atoms with Crippen molar-refractivity contribution in [3.63, 3.8) is 0 Å². The van der Waals surface area contributed by atoms with Crippen LogP contribution in [0.4, 0.5) is 19.4 Å². The number of aliphatic hydroxyl groups excluding tert-OH is 1. The van der Waals surface area contributed by atoms with Crippen LogP contribution in [-0.2, 0) is 16.1 Å². The molecule has 0 saturated heterocycles. The summed E-state index contributed by atoms with van der Waals surface area (Å²) >= 11 is 5.98. The molecule has 2 aromatic carbocycles. The van der Waals surface area contributed by atoms with Gasteiger partial charge in [0.15, 0.2) is 23.2 Å². The van der Waals surface area contributed by atoms with Gasteiger partial charge in [-0.25, -0.2) is 13.6 Å². The number of unbranched alkanes of at least 4 members (excludes halogenated alkanes) is 1. The number of ether oxygens (including phenoxy) is 1. The number of carbonyl (C=O) groups excluding carboxylic acids is 2. The standard InChI is InChI=1S/C25H27ClF2N4O5/c26-18-7-3-5-16(11-18)21-12-22(32-37-21)31-25(35)36-15-19(8-1-2-10-33)30-23(34)14-29-13-17-6-4-9-20(27)24(17)28/h3-7,9,11-12,19,29,33H,1-2,8,10,13-15H2,(H,30,34)(H,31,32,35)/t19-/m0/s1. The van der Waals surface area contributed by atoms with Gasteiger partial charge in [0.2, 0.25) is 5.91 Å². The highest BCUT2D eigenvalue weighted by Crippen LogP contribution is 2.25. The van der Waals surface area contributed by atoms with Crippen LogP contribution >= 0.6 is 11.6 Å². The fraction of sp³-hybridized carbons (Fsp3) is 0.320. The molecule has 9 nitrogen and oxygen atoms in total. The minimum atomic E-state index is -0.969. The molecule has 0 aliphatic heterocycles. The molecule has 0 unspecified atom stereocenters. The third-order valence-electron chi connectivity index (χ3n) is 5.22. The number of halogens is 3. The molecule has 12 heteroatoms. The Hall–Kier alpha value is -3.54. The maximum absolute atomic E-state index is 13.7. The molecule has 37 heavy (non-hydrogen) atoms. The summed E-state index contributed by atoms with van der Waals surface area (Å²) in [5, 5.41) is 21.3. The molecule has 1 aromatic heterocycles. The van der Waals surface area contributed by atoms with Gasteiger partial charge in [0.25, 0.3) is 0 Å². The van der Waals surface area contributed by atoms with E-state index < -0.39 is 29.7 Å². The Morgan fingerprint density at radius 1 is 1.14 bits per heavy atom. The first-order valence-electron chi connectivity index (χ1n) is 11.6. The molecule has 3 rings (SSSR count). The van der Waals surface area contributed by atoms with E-state index in [9.17, 15) is 18.4 Å².